The van der Waals surface area contributed by atoms with E-state index in [0.717, 1.165) is 24.9 Å². The van der Waals surface area contributed by atoms with Crippen LogP contribution in [0, 0.1) is 0 Å². The van der Waals surface area contributed by atoms with E-state index in [1.54, 1.807) is 19.4 Å². The molecular weight excluding hydrogens is 318 g/mol. The lowest BCUT2D eigenvalue weighted by Crippen LogP contribution is -2.31. The number of nitrogens with zero attached hydrogens (tertiary/aromatic N) is 1. The largest absolute Gasteiger partial charge is 0.497 e. The van der Waals surface area contributed by atoms with Crippen LogP contribution in [0.4, 0.5) is 0 Å². The highest BCUT2D eigenvalue weighted by Gasteiger charge is 2.17. The van der Waals surface area contributed by atoms with Crippen LogP contribution in [-0.2, 0) is 11.3 Å². The molecule has 1 saturated heterocycles. The van der Waals surface area contributed by atoms with E-state index in [-0.39, 0.29) is 5.91 Å². The summed E-state index contributed by atoms with van der Waals surface area (Å²) in [6, 6.07) is 11.4. The molecule has 2 aromatic rings. The van der Waals surface area contributed by atoms with E-state index in [1.807, 2.05) is 30.3 Å². The molecule has 1 unspecified atom stereocenters. The zero-order valence-electron chi connectivity index (χ0n) is 14.3. The molecule has 0 aliphatic carbocycles. The summed E-state index contributed by atoms with van der Waals surface area (Å²) in [5, 5.41) is 6.28. The molecule has 1 aliphatic rings. The molecule has 1 aromatic heterocycles. The lowest BCUT2D eigenvalue weighted by molar-refractivity contribution is -0.121. The first-order chi connectivity index (χ1) is 12.2. The monoisotopic (exact) mass is 341 g/mol. The van der Waals surface area contributed by atoms with Crippen LogP contribution in [0.15, 0.2) is 42.6 Å². The number of hydrogen-bond acceptors (Lipinski definition) is 5. The number of amides is 1. The number of pyridine rings is 1. The maximum Gasteiger partial charge on any atom is 0.224 e. The lowest BCUT2D eigenvalue weighted by atomic mass is 10.1. The summed E-state index contributed by atoms with van der Waals surface area (Å²) in [6.45, 7) is 1.39. The maximum atomic E-state index is 12.1. The molecule has 0 radical (unpaired) electrons. The summed E-state index contributed by atoms with van der Waals surface area (Å²) < 4.78 is 11.1. The molecule has 0 bridgehead atoms. The number of carbonyl (C=O) groups is 1. The van der Waals surface area contributed by atoms with Gasteiger partial charge in [0.2, 0.25) is 11.8 Å². The first-order valence-corrected chi connectivity index (χ1v) is 8.50. The van der Waals surface area contributed by atoms with E-state index < -0.39 is 0 Å². The molecule has 2 N–H and O–H groups in total. The molecule has 6 nitrogen and oxygen atoms in total. The average molecular weight is 341 g/mol. The minimum absolute atomic E-state index is 0.0376. The highest BCUT2D eigenvalue weighted by atomic mass is 16.5. The van der Waals surface area contributed by atoms with E-state index in [0.29, 0.717) is 36.4 Å². The SMILES string of the molecule is COc1cccc(Oc2ncccc2CNC(=O)CC2CCCN2)c1. The fourth-order valence-corrected chi connectivity index (χ4v) is 2.85. The fraction of sp³-hybridized carbons (Fsp3) is 0.368. The Morgan fingerprint density at radius 2 is 2.20 bits per heavy atom. The molecule has 0 spiro atoms. The van der Waals surface area contributed by atoms with E-state index >= 15 is 0 Å². The quantitative estimate of drug-likeness (QED) is 0.810. The Morgan fingerprint density at radius 3 is 3.00 bits per heavy atom. The van der Waals surface area contributed by atoms with Crippen LogP contribution in [0.1, 0.15) is 24.8 Å². The molecule has 6 heteroatoms. The number of carbonyl (C=O) groups excluding carboxylic acids is 1. The third-order valence-corrected chi connectivity index (χ3v) is 4.18. The Kier molecular flexibility index (Phi) is 5.85. The summed E-state index contributed by atoms with van der Waals surface area (Å²) in [4.78, 5) is 16.4. The second kappa shape index (κ2) is 8.48. The molecule has 1 aliphatic heterocycles. The summed E-state index contributed by atoms with van der Waals surface area (Å²) >= 11 is 0. The number of ether oxygens (including phenoxy) is 2. The molecule has 2 heterocycles. The Labute approximate surface area is 147 Å². The van der Waals surface area contributed by atoms with E-state index in [4.69, 9.17) is 9.47 Å². The van der Waals surface area contributed by atoms with Gasteiger partial charge in [0.15, 0.2) is 0 Å². The molecule has 1 atom stereocenters. The first-order valence-electron chi connectivity index (χ1n) is 8.50. The van der Waals surface area contributed by atoms with Gasteiger partial charge in [0, 0.05) is 36.8 Å². The van der Waals surface area contributed by atoms with Gasteiger partial charge in [-0.15, -0.1) is 0 Å². The smallest absolute Gasteiger partial charge is 0.224 e. The van der Waals surface area contributed by atoms with Gasteiger partial charge >= 0.3 is 0 Å². The number of aromatic nitrogens is 1. The molecule has 25 heavy (non-hydrogen) atoms. The molecule has 3 rings (SSSR count). The van der Waals surface area contributed by atoms with Crippen molar-refractivity contribution >= 4 is 5.91 Å². The van der Waals surface area contributed by atoms with Crippen molar-refractivity contribution in [2.75, 3.05) is 13.7 Å². The van der Waals surface area contributed by atoms with Gasteiger partial charge in [-0.25, -0.2) is 4.98 Å². The van der Waals surface area contributed by atoms with Crippen LogP contribution < -0.4 is 20.1 Å². The van der Waals surface area contributed by atoms with Crippen LogP contribution in [0.5, 0.6) is 17.4 Å². The highest BCUT2D eigenvalue weighted by molar-refractivity contribution is 5.76. The topological polar surface area (TPSA) is 72.5 Å². The van der Waals surface area contributed by atoms with Crippen molar-refractivity contribution in [3.8, 4) is 17.4 Å². The van der Waals surface area contributed by atoms with Crippen molar-refractivity contribution in [1.82, 2.24) is 15.6 Å². The number of rotatable bonds is 7. The van der Waals surface area contributed by atoms with Gasteiger partial charge in [-0.05, 0) is 37.6 Å². The van der Waals surface area contributed by atoms with Crippen LogP contribution in [-0.4, -0.2) is 30.6 Å². The summed E-state index contributed by atoms with van der Waals surface area (Å²) in [6.07, 6.45) is 4.37. The average Bonchev–Trinajstić information content (AvgIpc) is 3.14. The predicted molar refractivity (Wildman–Crippen MR) is 94.8 cm³/mol. The number of methoxy groups -OCH3 is 1. The van der Waals surface area contributed by atoms with Crippen LogP contribution in [0.3, 0.4) is 0 Å². The molecule has 1 aromatic carbocycles. The van der Waals surface area contributed by atoms with Crippen LogP contribution in [0.2, 0.25) is 0 Å². The van der Waals surface area contributed by atoms with Gasteiger partial charge in [-0.2, -0.15) is 0 Å². The van der Waals surface area contributed by atoms with Crippen molar-refractivity contribution < 1.29 is 14.3 Å². The van der Waals surface area contributed by atoms with Gasteiger partial charge in [0.25, 0.3) is 0 Å². The highest BCUT2D eigenvalue weighted by Crippen LogP contribution is 2.26. The molecule has 1 amide bonds. The minimum Gasteiger partial charge on any atom is -0.497 e. The normalized spacial score (nSPS) is 16.4. The van der Waals surface area contributed by atoms with Crippen molar-refractivity contribution in [2.45, 2.75) is 31.8 Å². The third-order valence-electron chi connectivity index (χ3n) is 4.18. The number of benzene rings is 1. The molecule has 132 valence electrons. The van der Waals surface area contributed by atoms with E-state index in [2.05, 4.69) is 15.6 Å². The van der Waals surface area contributed by atoms with Crippen LogP contribution >= 0.6 is 0 Å². The fourth-order valence-electron chi connectivity index (χ4n) is 2.85. The Bertz CT molecular complexity index is 715. The van der Waals surface area contributed by atoms with E-state index in [1.165, 1.54) is 0 Å². The van der Waals surface area contributed by atoms with E-state index in [9.17, 15) is 4.79 Å². The zero-order chi connectivity index (χ0) is 17.5. The lowest BCUT2D eigenvalue weighted by Gasteiger charge is -2.13. The third kappa shape index (κ3) is 4.93. The summed E-state index contributed by atoms with van der Waals surface area (Å²) in [5.41, 5.74) is 0.832. The van der Waals surface area contributed by atoms with Gasteiger partial charge in [-0.1, -0.05) is 12.1 Å². The summed E-state index contributed by atoms with van der Waals surface area (Å²) in [7, 11) is 1.61. The molecule has 0 saturated carbocycles. The van der Waals surface area contributed by atoms with Crippen molar-refractivity contribution in [2.24, 2.45) is 0 Å². The second-order valence-electron chi connectivity index (χ2n) is 6.02. The standard InChI is InChI=1S/C19H23N3O3/c1-24-16-7-2-8-17(12-16)25-19-14(5-3-10-21-19)13-22-18(23)11-15-6-4-9-20-15/h2-3,5,7-8,10,12,15,20H,4,6,9,11,13H2,1H3,(H,22,23). The van der Waals surface area contributed by atoms with Crippen LogP contribution in [0.25, 0.3) is 0 Å². The minimum atomic E-state index is 0.0376. The maximum absolute atomic E-state index is 12.1. The molecular formula is C19H23N3O3. The summed E-state index contributed by atoms with van der Waals surface area (Å²) in [5.74, 6) is 1.87. The number of hydrogen-bond donors (Lipinski definition) is 2. The Morgan fingerprint density at radius 1 is 1.32 bits per heavy atom. The van der Waals surface area contributed by atoms with Crippen molar-refractivity contribution in [3.63, 3.8) is 0 Å². The predicted octanol–water partition coefficient (Wildman–Crippen LogP) is 2.64. The van der Waals surface area contributed by atoms with Gasteiger partial charge in [-0.3, -0.25) is 4.79 Å². The van der Waals surface area contributed by atoms with Gasteiger partial charge in [0.1, 0.15) is 11.5 Å². The Balaban J connectivity index is 1.61. The Hall–Kier alpha value is -2.60. The van der Waals surface area contributed by atoms with Crippen molar-refractivity contribution in [1.29, 1.82) is 0 Å². The first kappa shape index (κ1) is 17.2. The van der Waals surface area contributed by atoms with Gasteiger partial charge in [0.05, 0.1) is 7.11 Å². The van der Waals surface area contributed by atoms with Gasteiger partial charge < -0.3 is 20.1 Å². The molecule has 1 fully saturated rings. The van der Waals surface area contributed by atoms with Crippen molar-refractivity contribution in [3.05, 3.63) is 48.2 Å². The zero-order valence-corrected chi connectivity index (χ0v) is 14.3. The second-order valence-corrected chi connectivity index (χ2v) is 6.02. The number of nitrogens with one attached hydrogen (secondary N) is 2.